The molecule has 0 unspecified atom stereocenters. The topological polar surface area (TPSA) is 140 Å². The summed E-state index contributed by atoms with van der Waals surface area (Å²) >= 11 is 0. The van der Waals surface area contributed by atoms with E-state index in [0.717, 1.165) is 50.1 Å². The number of ether oxygens (including phenoxy) is 13. The Labute approximate surface area is 563 Å². The lowest BCUT2D eigenvalue weighted by molar-refractivity contribution is -0.379. The average molecular weight is 1300 g/mol. The predicted octanol–water partition coefficient (Wildman–Crippen LogP) is 14.2. The van der Waals surface area contributed by atoms with Gasteiger partial charge in [-0.15, -0.1) is 0 Å². The summed E-state index contributed by atoms with van der Waals surface area (Å²) in [7, 11) is 0. The largest absolute Gasteiger partial charge is 0.445 e. The maximum absolute atomic E-state index is 14.9. The van der Waals surface area contributed by atoms with E-state index in [1.54, 1.807) is 4.90 Å². The lowest BCUT2D eigenvalue weighted by Crippen LogP contribution is -2.66. The first-order valence-electron chi connectivity index (χ1n) is 33.2. The molecule has 9 aromatic rings. The van der Waals surface area contributed by atoms with Crippen LogP contribution in [0.2, 0.25) is 0 Å². The number of nitrogens with zero attached hydrogens (tertiary/aromatic N) is 1. The van der Waals surface area contributed by atoms with Crippen molar-refractivity contribution in [3.05, 3.63) is 323 Å². The van der Waals surface area contributed by atoms with E-state index in [-0.39, 0.29) is 72.6 Å². The van der Waals surface area contributed by atoms with Gasteiger partial charge in [-0.2, -0.15) is 0 Å². The molecule has 3 fully saturated rings. The SMILES string of the molecule is C[C@H]1O[C@@H](O[C@H]2[C@H](OCc3ccccc3)[C@@H](OCc3ccccc3)[C@@H](O[C@@H]3[C@@H](COCc4ccccc4)N(C(=O)OCc4ccccc4)C[C@H]3OCc3ccccc3)O[C@@H]2COCc2ccccc2)[C@H](OCc2ccccc2)[C@@H](OCc2ccccc2)[C@@H]1OCc1ccccc1. The summed E-state index contributed by atoms with van der Waals surface area (Å²) in [5.74, 6) is 0. The third-order valence-electron chi connectivity index (χ3n) is 17.4. The Morgan fingerprint density at radius 1 is 0.333 bits per heavy atom. The van der Waals surface area contributed by atoms with Crippen LogP contribution in [0.25, 0.3) is 0 Å². The van der Waals surface area contributed by atoms with Gasteiger partial charge >= 0.3 is 6.09 Å². The molecule has 0 bridgehead atoms. The van der Waals surface area contributed by atoms with Crippen molar-refractivity contribution in [1.82, 2.24) is 4.90 Å². The van der Waals surface area contributed by atoms with Crippen LogP contribution in [0.5, 0.6) is 0 Å². The molecule has 96 heavy (non-hydrogen) atoms. The van der Waals surface area contributed by atoms with Crippen LogP contribution in [0.15, 0.2) is 273 Å². The van der Waals surface area contributed by atoms with E-state index >= 15 is 0 Å². The summed E-state index contributed by atoms with van der Waals surface area (Å²) in [6.45, 7) is 3.88. The van der Waals surface area contributed by atoms with E-state index in [2.05, 4.69) is 0 Å². The zero-order valence-corrected chi connectivity index (χ0v) is 54.1. The molecule has 15 heteroatoms. The van der Waals surface area contributed by atoms with E-state index in [0.29, 0.717) is 6.61 Å². The Morgan fingerprint density at radius 2 is 0.635 bits per heavy atom. The zero-order valence-electron chi connectivity index (χ0n) is 54.1. The molecule has 9 aromatic carbocycles. The molecule has 498 valence electrons. The van der Waals surface area contributed by atoms with Crippen LogP contribution in [-0.4, -0.2) is 110 Å². The number of amides is 1. The molecule has 15 nitrogen and oxygen atoms in total. The quantitative estimate of drug-likeness (QED) is 0.0395. The van der Waals surface area contributed by atoms with E-state index in [9.17, 15) is 4.79 Å². The second-order valence-corrected chi connectivity index (χ2v) is 24.4. The van der Waals surface area contributed by atoms with Crippen LogP contribution in [0.1, 0.15) is 57.0 Å². The molecule has 13 atom stereocenters. The number of hydrogen-bond acceptors (Lipinski definition) is 14. The Morgan fingerprint density at radius 3 is 1.03 bits per heavy atom. The first kappa shape index (κ1) is 67.7. The molecule has 3 aliphatic heterocycles. The molecule has 0 N–H and O–H groups in total. The molecule has 3 heterocycles. The lowest BCUT2D eigenvalue weighted by Gasteiger charge is -2.50. The minimum absolute atomic E-state index is 0.00919. The van der Waals surface area contributed by atoms with Crippen molar-refractivity contribution in [3.63, 3.8) is 0 Å². The minimum Gasteiger partial charge on any atom is -0.445 e. The van der Waals surface area contributed by atoms with Crippen molar-refractivity contribution in [3.8, 4) is 0 Å². The van der Waals surface area contributed by atoms with Crippen LogP contribution in [0.4, 0.5) is 4.79 Å². The van der Waals surface area contributed by atoms with Gasteiger partial charge in [0.15, 0.2) is 12.6 Å². The molecule has 0 saturated carbocycles. The van der Waals surface area contributed by atoms with Crippen LogP contribution >= 0.6 is 0 Å². The summed E-state index contributed by atoms with van der Waals surface area (Å²) in [5.41, 5.74) is 8.41. The summed E-state index contributed by atoms with van der Waals surface area (Å²) in [6.07, 6.45) is -11.5. The molecule has 0 spiro atoms. The fraction of sp³-hybridized carbons (Fsp3) is 0.321. The first-order chi connectivity index (χ1) is 47.4. The van der Waals surface area contributed by atoms with Gasteiger partial charge in [0.05, 0.1) is 84.8 Å². The van der Waals surface area contributed by atoms with Gasteiger partial charge in [0, 0.05) is 0 Å². The van der Waals surface area contributed by atoms with Gasteiger partial charge in [-0.05, 0) is 57.0 Å². The highest BCUT2D eigenvalue weighted by Gasteiger charge is 2.56. The van der Waals surface area contributed by atoms with Gasteiger partial charge in [-0.3, -0.25) is 4.90 Å². The standard InChI is InChI=1S/C81H85NO14/c1-59-72(87-51-63-35-17-5-18-36-63)75(88-52-64-37-19-6-20-38-64)77(90-54-66-41-23-8-24-42-66)79(93-59)96-74-71(58-85-49-61-31-13-3-14-32-61)94-80(78(91-55-67-43-25-9-26-44-67)76(74)89-53-65-39-21-7-22-40-65)95-73-69(57-84-48-60-29-11-2-12-30-60)82(81(83)92-56-68-45-27-10-28-46-68)47-70(73)86-50-62-33-15-4-16-34-62/h2-46,59,69-80H,47-58H2,1H3/t59-,69-,70-,71-,72-,73-,74-,75+,76+,77-,78-,79+,80-/m1/s1. The highest BCUT2D eigenvalue weighted by molar-refractivity contribution is 5.69. The van der Waals surface area contributed by atoms with E-state index in [1.807, 2.05) is 280 Å². The first-order valence-corrected chi connectivity index (χ1v) is 33.2. The Balaban J connectivity index is 0.946. The van der Waals surface area contributed by atoms with Crippen molar-refractivity contribution >= 4 is 6.09 Å². The van der Waals surface area contributed by atoms with Crippen molar-refractivity contribution < 1.29 is 66.4 Å². The maximum Gasteiger partial charge on any atom is 0.410 e. The van der Waals surface area contributed by atoms with Crippen molar-refractivity contribution in [1.29, 1.82) is 0 Å². The van der Waals surface area contributed by atoms with Gasteiger partial charge in [-0.1, -0.05) is 273 Å². The molecule has 0 aromatic heterocycles. The molecule has 0 radical (unpaired) electrons. The lowest BCUT2D eigenvalue weighted by atomic mass is 9.95. The van der Waals surface area contributed by atoms with Gasteiger partial charge < -0.3 is 61.6 Å². The Kier molecular flexibility index (Phi) is 25.2. The number of carbonyl (C=O) groups excluding carboxylic acids is 1. The number of hydrogen-bond donors (Lipinski definition) is 0. The highest BCUT2D eigenvalue weighted by atomic mass is 16.8. The maximum atomic E-state index is 14.9. The fourth-order valence-corrected chi connectivity index (χ4v) is 12.4. The van der Waals surface area contributed by atoms with Crippen molar-refractivity contribution in [2.75, 3.05) is 19.8 Å². The van der Waals surface area contributed by atoms with Crippen LogP contribution in [0, 0.1) is 0 Å². The fourth-order valence-electron chi connectivity index (χ4n) is 12.4. The smallest absolute Gasteiger partial charge is 0.410 e. The predicted molar refractivity (Wildman–Crippen MR) is 362 cm³/mol. The number of carbonyl (C=O) groups is 1. The Hall–Kier alpha value is -8.23. The van der Waals surface area contributed by atoms with E-state index in [1.165, 1.54) is 0 Å². The molecule has 12 rings (SSSR count). The van der Waals surface area contributed by atoms with Crippen LogP contribution in [-0.2, 0) is 121 Å². The van der Waals surface area contributed by atoms with Crippen LogP contribution < -0.4 is 0 Å². The van der Waals surface area contributed by atoms with E-state index in [4.69, 9.17) is 61.6 Å². The van der Waals surface area contributed by atoms with E-state index < -0.39 is 85.8 Å². The van der Waals surface area contributed by atoms with Crippen molar-refractivity contribution in [2.24, 2.45) is 0 Å². The van der Waals surface area contributed by atoms with Gasteiger partial charge in [0.25, 0.3) is 0 Å². The van der Waals surface area contributed by atoms with Gasteiger partial charge in [0.2, 0.25) is 0 Å². The number of likely N-dealkylation sites (tertiary alicyclic amines) is 1. The third-order valence-corrected chi connectivity index (χ3v) is 17.4. The summed E-state index contributed by atoms with van der Waals surface area (Å²) in [5, 5.41) is 0. The molecular formula is C81H85NO14. The average Bonchev–Trinajstić information content (AvgIpc) is 1.15. The number of rotatable bonds is 32. The monoisotopic (exact) mass is 1300 g/mol. The molecule has 1 amide bonds. The highest BCUT2D eigenvalue weighted by Crippen LogP contribution is 2.39. The van der Waals surface area contributed by atoms with Gasteiger partial charge in [-0.25, -0.2) is 4.79 Å². The molecule has 3 saturated heterocycles. The zero-order chi connectivity index (χ0) is 65.4. The van der Waals surface area contributed by atoms with Gasteiger partial charge in [0.1, 0.15) is 61.5 Å². The second kappa shape index (κ2) is 35.7. The normalized spacial score (nSPS) is 24.1. The summed E-state index contributed by atoms with van der Waals surface area (Å²) < 4.78 is 92.5. The minimum atomic E-state index is -1.24. The third kappa shape index (κ3) is 19.3. The number of benzene rings is 9. The molecule has 0 aliphatic carbocycles. The molecule has 3 aliphatic rings. The Bertz CT molecular complexity index is 3630. The molecular weight excluding hydrogens is 1210 g/mol. The second-order valence-electron chi connectivity index (χ2n) is 24.4. The van der Waals surface area contributed by atoms with Crippen molar-refractivity contribution in [2.45, 2.75) is 146 Å². The van der Waals surface area contributed by atoms with Crippen LogP contribution in [0.3, 0.4) is 0 Å². The summed E-state index contributed by atoms with van der Waals surface area (Å²) in [4.78, 5) is 16.5. The summed E-state index contributed by atoms with van der Waals surface area (Å²) in [6, 6.07) is 88.7.